The second-order valence-electron chi connectivity index (χ2n) is 4.79. The van der Waals surface area contributed by atoms with E-state index in [-0.39, 0.29) is 18.2 Å². The zero-order valence-corrected chi connectivity index (χ0v) is 12.1. The van der Waals surface area contributed by atoms with Gasteiger partial charge in [-0.2, -0.15) is 0 Å². The summed E-state index contributed by atoms with van der Waals surface area (Å²) >= 11 is 0. The van der Waals surface area contributed by atoms with Crippen LogP contribution in [0.2, 0.25) is 0 Å². The van der Waals surface area contributed by atoms with E-state index in [4.69, 9.17) is 0 Å². The third kappa shape index (κ3) is 4.02. The molecule has 2 rings (SSSR count). The van der Waals surface area contributed by atoms with Gasteiger partial charge in [-0.3, -0.25) is 14.5 Å². The van der Waals surface area contributed by atoms with E-state index in [1.165, 1.54) is 4.90 Å². The van der Waals surface area contributed by atoms with Crippen molar-refractivity contribution in [1.82, 2.24) is 0 Å². The maximum atomic E-state index is 12.5. The Balaban J connectivity index is 2.23. The predicted octanol–water partition coefficient (Wildman–Crippen LogP) is 3.39. The van der Waals surface area contributed by atoms with E-state index in [1.807, 2.05) is 37.3 Å². The van der Waals surface area contributed by atoms with Crippen molar-refractivity contribution in [2.45, 2.75) is 26.2 Å². The fourth-order valence-corrected chi connectivity index (χ4v) is 2.13. The largest absolute Gasteiger partial charge is 0.274 e. The van der Waals surface area contributed by atoms with Crippen molar-refractivity contribution >= 4 is 17.5 Å². The van der Waals surface area contributed by atoms with E-state index >= 15 is 0 Å². The van der Waals surface area contributed by atoms with Crippen LogP contribution in [0.1, 0.15) is 25.3 Å². The molecule has 0 aromatic heterocycles. The van der Waals surface area contributed by atoms with Crippen LogP contribution in [0.4, 0.5) is 5.69 Å². The summed E-state index contributed by atoms with van der Waals surface area (Å²) in [7, 11) is 0. The van der Waals surface area contributed by atoms with Gasteiger partial charge in [0.2, 0.25) is 11.8 Å². The number of anilines is 1. The average molecular weight is 280 g/mol. The predicted molar refractivity (Wildman–Crippen MR) is 82.8 cm³/mol. The Morgan fingerprint density at radius 1 is 1.00 bits per heavy atom. The first-order chi connectivity index (χ1) is 10.2. The fraction of sp³-hybridized carbons (Fsp3) is 0.222. The van der Waals surface area contributed by atoms with Gasteiger partial charge < -0.3 is 0 Å². The van der Waals surface area contributed by atoms with Crippen molar-refractivity contribution in [2.24, 2.45) is 0 Å². The summed E-state index contributed by atoms with van der Waals surface area (Å²) in [5.41, 5.74) is 1.51. The number of benzene rings is 2. The van der Waals surface area contributed by atoms with E-state index in [9.17, 15) is 9.59 Å². The minimum absolute atomic E-state index is 0.162. The molecule has 0 saturated heterocycles. The minimum Gasteiger partial charge on any atom is -0.274 e. The molecule has 0 saturated carbocycles. The van der Waals surface area contributed by atoms with Gasteiger partial charge in [-0.15, -0.1) is 0 Å². The zero-order chi connectivity index (χ0) is 15.1. The fourth-order valence-electron chi connectivity index (χ4n) is 2.13. The van der Waals surface area contributed by atoms with Gasteiger partial charge in [-0.05, 0) is 30.2 Å². The lowest BCUT2D eigenvalue weighted by Crippen LogP contribution is -2.37. The molecule has 21 heavy (non-hydrogen) atoms. The van der Waals surface area contributed by atoms with Gasteiger partial charge >= 0.3 is 0 Å². The molecule has 3 nitrogen and oxygen atoms in total. The first-order valence-corrected chi connectivity index (χ1v) is 7.08. The molecule has 1 radical (unpaired) electrons. The third-order valence-electron chi connectivity index (χ3n) is 3.12. The highest BCUT2D eigenvalue weighted by Gasteiger charge is 2.22. The van der Waals surface area contributed by atoms with Gasteiger partial charge in [0.05, 0.1) is 12.1 Å². The van der Waals surface area contributed by atoms with Gasteiger partial charge in [0.1, 0.15) is 0 Å². The van der Waals surface area contributed by atoms with Gasteiger partial charge in [-0.25, -0.2) is 0 Å². The van der Waals surface area contributed by atoms with Gasteiger partial charge in [0, 0.05) is 6.42 Å². The Kier molecular flexibility index (Phi) is 5.27. The number of rotatable bonds is 5. The third-order valence-corrected chi connectivity index (χ3v) is 3.12. The van der Waals surface area contributed by atoms with Crippen LogP contribution in [0.25, 0.3) is 0 Å². The van der Waals surface area contributed by atoms with Crippen molar-refractivity contribution in [2.75, 3.05) is 4.90 Å². The van der Waals surface area contributed by atoms with Crippen LogP contribution in [0.15, 0.2) is 54.6 Å². The van der Waals surface area contributed by atoms with E-state index in [2.05, 4.69) is 6.07 Å². The maximum absolute atomic E-state index is 12.5. The van der Waals surface area contributed by atoms with Crippen LogP contribution in [0.5, 0.6) is 0 Å². The molecule has 3 heteroatoms. The summed E-state index contributed by atoms with van der Waals surface area (Å²) in [5, 5.41) is 0. The lowest BCUT2D eigenvalue weighted by Gasteiger charge is -2.21. The van der Waals surface area contributed by atoms with E-state index in [0.717, 1.165) is 5.56 Å². The average Bonchev–Trinajstić information content (AvgIpc) is 2.50. The molecule has 2 aromatic rings. The summed E-state index contributed by atoms with van der Waals surface area (Å²) in [6.45, 7) is 1.93. The van der Waals surface area contributed by atoms with Crippen LogP contribution >= 0.6 is 0 Å². The van der Waals surface area contributed by atoms with Crippen LogP contribution in [-0.4, -0.2) is 11.8 Å². The molecule has 0 heterocycles. The van der Waals surface area contributed by atoms with Gasteiger partial charge in [0.15, 0.2) is 0 Å². The van der Waals surface area contributed by atoms with E-state index in [0.29, 0.717) is 18.5 Å². The number of carbonyl (C=O) groups excluding carboxylic acids is 2. The number of hydrogen-bond donors (Lipinski definition) is 0. The SMILES string of the molecule is CCCC(=O)N(C(=O)Cc1ccccc1)c1cc[c]cc1. The number of imide groups is 1. The normalized spacial score (nSPS) is 10.1. The number of hydrogen-bond acceptors (Lipinski definition) is 2. The summed E-state index contributed by atoms with van der Waals surface area (Å²) in [5.74, 6) is -0.365. The first kappa shape index (κ1) is 15.0. The molecular formula is C18H18NO2. The minimum atomic E-state index is -0.203. The van der Waals surface area contributed by atoms with Crippen LogP contribution in [-0.2, 0) is 16.0 Å². The molecule has 2 amide bonds. The molecule has 0 fully saturated rings. The number of carbonyl (C=O) groups is 2. The van der Waals surface area contributed by atoms with Crippen molar-refractivity contribution in [1.29, 1.82) is 0 Å². The van der Waals surface area contributed by atoms with Crippen LogP contribution in [0, 0.1) is 6.07 Å². The van der Waals surface area contributed by atoms with Crippen molar-refractivity contribution in [3.8, 4) is 0 Å². The Bertz CT molecular complexity index is 593. The first-order valence-electron chi connectivity index (χ1n) is 7.08. The molecule has 2 aromatic carbocycles. The van der Waals surface area contributed by atoms with Crippen LogP contribution in [0.3, 0.4) is 0 Å². The molecule has 0 N–H and O–H groups in total. The second kappa shape index (κ2) is 7.39. The van der Waals surface area contributed by atoms with Gasteiger partial charge in [0.25, 0.3) is 0 Å². The Morgan fingerprint density at radius 3 is 2.29 bits per heavy atom. The monoisotopic (exact) mass is 280 g/mol. The topological polar surface area (TPSA) is 37.4 Å². The molecule has 107 valence electrons. The molecule has 0 aliphatic carbocycles. The Morgan fingerprint density at radius 2 is 1.67 bits per heavy atom. The molecule has 0 aliphatic heterocycles. The van der Waals surface area contributed by atoms with Crippen molar-refractivity contribution in [3.05, 3.63) is 66.2 Å². The molecule has 0 spiro atoms. The summed E-state index contributed by atoms with van der Waals surface area (Å²) in [6, 6.07) is 19.2. The van der Waals surface area contributed by atoms with Crippen molar-refractivity contribution < 1.29 is 9.59 Å². The summed E-state index contributed by atoms with van der Waals surface area (Å²) in [4.78, 5) is 26.1. The molecule has 0 aliphatic rings. The van der Waals surface area contributed by atoms with Crippen LogP contribution < -0.4 is 4.90 Å². The molecule has 0 unspecified atom stereocenters. The second-order valence-corrected chi connectivity index (χ2v) is 4.79. The molecule has 0 bridgehead atoms. The number of amides is 2. The quantitative estimate of drug-likeness (QED) is 0.842. The van der Waals surface area contributed by atoms with E-state index < -0.39 is 0 Å². The summed E-state index contributed by atoms with van der Waals surface area (Å²) < 4.78 is 0. The van der Waals surface area contributed by atoms with E-state index in [1.54, 1.807) is 24.3 Å². The standard InChI is InChI=1S/C18H18NO2/c1-2-9-17(20)19(16-12-7-4-8-13-16)18(21)14-15-10-5-3-6-11-15/h3,5-8,10-13H,2,9,14H2,1H3. The maximum Gasteiger partial charge on any atom is 0.238 e. The number of nitrogens with zero attached hydrogens (tertiary/aromatic N) is 1. The highest BCUT2D eigenvalue weighted by Crippen LogP contribution is 2.17. The molecule has 0 atom stereocenters. The Labute approximate surface area is 125 Å². The summed E-state index contributed by atoms with van der Waals surface area (Å²) in [6.07, 6.45) is 1.29. The van der Waals surface area contributed by atoms with Crippen molar-refractivity contribution in [3.63, 3.8) is 0 Å². The Hall–Kier alpha value is -2.42. The lowest BCUT2D eigenvalue weighted by atomic mass is 10.1. The highest BCUT2D eigenvalue weighted by molar-refractivity contribution is 6.15. The smallest absolute Gasteiger partial charge is 0.238 e. The molecular weight excluding hydrogens is 262 g/mol. The lowest BCUT2D eigenvalue weighted by molar-refractivity contribution is -0.126. The van der Waals surface area contributed by atoms with Gasteiger partial charge in [-0.1, -0.05) is 49.4 Å². The zero-order valence-electron chi connectivity index (χ0n) is 12.1. The highest BCUT2D eigenvalue weighted by atomic mass is 16.2.